The number of nitrogens with one attached hydrogen (secondary N) is 4. The van der Waals surface area contributed by atoms with Crippen molar-refractivity contribution in [2.24, 2.45) is 0 Å². The molecular weight excluding hydrogens is 595 g/mol. The topological polar surface area (TPSA) is 219 Å². The largest absolute Gasteiger partial charge is 0.469 e. The molecule has 17 heteroatoms. The van der Waals surface area contributed by atoms with E-state index in [9.17, 15) is 28.5 Å². The summed E-state index contributed by atoms with van der Waals surface area (Å²) in [5.74, 6) is -0.766. The molecule has 2 heterocycles. The summed E-state index contributed by atoms with van der Waals surface area (Å²) in [5, 5.41) is 11.8. The summed E-state index contributed by atoms with van der Waals surface area (Å²) in [5.41, 5.74) is 0. The van der Waals surface area contributed by atoms with Crippen molar-refractivity contribution in [3.63, 3.8) is 0 Å². The fourth-order valence-corrected chi connectivity index (χ4v) is 6.66. The summed E-state index contributed by atoms with van der Waals surface area (Å²) < 4.78 is 25.6. The summed E-state index contributed by atoms with van der Waals surface area (Å²) in [7, 11) is -4.82. The number of phosphoric acid groups is 1. The van der Waals surface area contributed by atoms with Crippen molar-refractivity contribution in [1.29, 1.82) is 0 Å². The summed E-state index contributed by atoms with van der Waals surface area (Å²) in [6.45, 7) is 1.98. The van der Waals surface area contributed by atoms with Gasteiger partial charge in [-0.25, -0.2) is 9.36 Å². The third-order valence-corrected chi connectivity index (χ3v) is 8.64. The summed E-state index contributed by atoms with van der Waals surface area (Å²) in [6, 6.07) is -0.660. The van der Waals surface area contributed by atoms with Gasteiger partial charge in [0.2, 0.25) is 11.8 Å². The SMILES string of the molecule is CC(=O)OCC(CC(COP(=O)(O)O)NC(=O)CCCCCNC(=O)CCCCC1SC[C@@H]2NC(=O)N[C@H]12)OC(C)=O. The number of ether oxygens (including phenoxy) is 2. The Morgan fingerprint density at radius 2 is 1.71 bits per heavy atom. The lowest BCUT2D eigenvalue weighted by molar-refractivity contribution is -0.157. The van der Waals surface area contributed by atoms with Gasteiger partial charge in [0.05, 0.1) is 24.7 Å². The minimum atomic E-state index is -4.82. The van der Waals surface area contributed by atoms with Crippen LogP contribution in [0.4, 0.5) is 4.79 Å². The maximum Gasteiger partial charge on any atom is 0.469 e. The van der Waals surface area contributed by atoms with Gasteiger partial charge in [-0.05, 0) is 25.7 Å². The number of urea groups is 1. The van der Waals surface area contributed by atoms with Gasteiger partial charge in [-0.2, -0.15) is 11.8 Å². The van der Waals surface area contributed by atoms with Crippen molar-refractivity contribution in [2.75, 3.05) is 25.5 Å². The molecule has 2 aliphatic rings. The number of hydrogen-bond acceptors (Lipinski definition) is 10. The zero-order valence-corrected chi connectivity index (χ0v) is 25.7. The number of unbranched alkanes of at least 4 members (excludes halogenated alkanes) is 3. The first-order valence-corrected chi connectivity index (χ1v) is 16.7. The Balaban J connectivity index is 1.61. The molecule has 0 saturated carbocycles. The Labute approximate surface area is 249 Å². The minimum Gasteiger partial charge on any atom is -0.462 e. The lowest BCUT2D eigenvalue weighted by atomic mass is 10.0. The van der Waals surface area contributed by atoms with E-state index in [2.05, 4.69) is 25.8 Å². The molecule has 0 aliphatic carbocycles. The highest BCUT2D eigenvalue weighted by atomic mass is 32.2. The molecule has 4 amide bonds. The van der Waals surface area contributed by atoms with E-state index >= 15 is 0 Å². The van der Waals surface area contributed by atoms with Crippen LogP contribution < -0.4 is 21.3 Å². The lowest BCUT2D eigenvalue weighted by Gasteiger charge is -2.24. The molecule has 5 atom stereocenters. The lowest BCUT2D eigenvalue weighted by Crippen LogP contribution is -2.42. The zero-order chi connectivity index (χ0) is 31.1. The highest BCUT2D eigenvalue weighted by Gasteiger charge is 2.42. The second kappa shape index (κ2) is 18.3. The molecule has 0 spiro atoms. The number of carbonyl (C=O) groups excluding carboxylic acids is 5. The quantitative estimate of drug-likeness (QED) is 0.0474. The first kappa shape index (κ1) is 35.8. The molecule has 0 aromatic carbocycles. The van der Waals surface area contributed by atoms with Crippen LogP contribution in [0, 0.1) is 0 Å². The van der Waals surface area contributed by atoms with E-state index < -0.39 is 44.4 Å². The number of phosphoric ester groups is 1. The first-order valence-electron chi connectivity index (χ1n) is 14.1. The molecule has 2 rings (SSSR count). The molecule has 15 nitrogen and oxygen atoms in total. The second-order valence-corrected chi connectivity index (χ2v) is 12.9. The second-order valence-electron chi connectivity index (χ2n) is 10.3. The molecule has 6 N–H and O–H groups in total. The Morgan fingerprint density at radius 3 is 2.40 bits per heavy atom. The molecule has 0 radical (unpaired) electrons. The van der Waals surface area contributed by atoms with Crippen molar-refractivity contribution in [2.45, 2.75) is 101 Å². The highest BCUT2D eigenvalue weighted by molar-refractivity contribution is 8.00. The molecular formula is C25H43N4O11PS. The van der Waals surface area contributed by atoms with Crippen molar-refractivity contribution >= 4 is 49.4 Å². The predicted octanol–water partition coefficient (Wildman–Crippen LogP) is 0.868. The maximum atomic E-state index is 12.5. The third kappa shape index (κ3) is 15.2. The average Bonchev–Trinajstić information content (AvgIpc) is 3.44. The minimum absolute atomic E-state index is 0.0236. The van der Waals surface area contributed by atoms with Crippen LogP contribution in [0.1, 0.15) is 71.6 Å². The standard InChI is InChI=1S/C25H43N4O11PS/c1-16(30)38-14-19(40-17(2)31)12-18(13-39-41(35,36)37)27-23(33)10-4-3-7-11-26-22(32)9-6-5-8-21-24-20(15-42-21)28-25(34)29-24/h18-21,24H,3-15H2,1-2H3,(H,26,32)(H,27,33)(H2,28,29,34)(H2,35,36,37)/t18?,19?,20-,21?,24-/m0/s1. The van der Waals surface area contributed by atoms with Crippen LogP contribution >= 0.6 is 19.6 Å². The van der Waals surface area contributed by atoms with Crippen molar-refractivity contribution in [3.8, 4) is 0 Å². The van der Waals surface area contributed by atoms with Gasteiger partial charge in [0.25, 0.3) is 0 Å². The van der Waals surface area contributed by atoms with Gasteiger partial charge in [0.1, 0.15) is 12.7 Å². The van der Waals surface area contributed by atoms with E-state index in [0.29, 0.717) is 37.5 Å². The van der Waals surface area contributed by atoms with E-state index in [4.69, 9.17) is 19.3 Å². The van der Waals surface area contributed by atoms with Gasteiger partial charge in [0, 0.05) is 50.7 Å². The smallest absolute Gasteiger partial charge is 0.462 e. The molecule has 0 aromatic heterocycles. The monoisotopic (exact) mass is 638 g/mol. The summed E-state index contributed by atoms with van der Waals surface area (Å²) in [6.07, 6.45) is 3.99. The molecule has 3 unspecified atom stereocenters. The van der Waals surface area contributed by atoms with E-state index in [0.717, 1.165) is 31.9 Å². The van der Waals surface area contributed by atoms with Gasteiger partial charge in [-0.1, -0.05) is 12.8 Å². The van der Waals surface area contributed by atoms with Crippen LogP contribution in [0.15, 0.2) is 0 Å². The predicted molar refractivity (Wildman–Crippen MR) is 152 cm³/mol. The number of esters is 2. The fraction of sp³-hybridized carbons (Fsp3) is 0.800. The molecule has 2 fully saturated rings. The van der Waals surface area contributed by atoms with Crippen LogP contribution in [0.2, 0.25) is 0 Å². The van der Waals surface area contributed by atoms with Gasteiger partial charge >= 0.3 is 25.8 Å². The van der Waals surface area contributed by atoms with Gasteiger partial charge in [-0.15, -0.1) is 0 Å². The van der Waals surface area contributed by atoms with Crippen LogP contribution in [-0.2, 0) is 37.7 Å². The van der Waals surface area contributed by atoms with Crippen LogP contribution in [-0.4, -0.2) is 94.6 Å². The Kier molecular flexibility index (Phi) is 15.6. The van der Waals surface area contributed by atoms with Crippen molar-refractivity contribution in [1.82, 2.24) is 21.3 Å². The number of rotatable bonds is 20. The summed E-state index contributed by atoms with van der Waals surface area (Å²) >= 11 is 1.85. The normalized spacial score (nSPS) is 21.0. The zero-order valence-electron chi connectivity index (χ0n) is 24.0. The number of thioether (sulfide) groups is 1. The van der Waals surface area contributed by atoms with Gasteiger partial charge < -0.3 is 40.5 Å². The van der Waals surface area contributed by atoms with E-state index in [-0.39, 0.29) is 43.5 Å². The third-order valence-electron chi connectivity index (χ3n) is 6.64. The number of hydrogen-bond donors (Lipinski definition) is 6. The van der Waals surface area contributed by atoms with Gasteiger partial charge in [0.15, 0.2) is 0 Å². The highest BCUT2D eigenvalue weighted by Crippen LogP contribution is 2.36. The van der Waals surface area contributed by atoms with E-state index in [1.807, 2.05) is 11.8 Å². The Bertz CT molecular complexity index is 982. The maximum absolute atomic E-state index is 12.5. The van der Waals surface area contributed by atoms with Crippen LogP contribution in [0.25, 0.3) is 0 Å². The molecule has 240 valence electrons. The summed E-state index contributed by atoms with van der Waals surface area (Å²) in [4.78, 5) is 76.7. The molecule has 2 saturated heterocycles. The first-order chi connectivity index (χ1) is 19.8. The fourth-order valence-electron chi connectivity index (χ4n) is 4.75. The van der Waals surface area contributed by atoms with Gasteiger partial charge in [-0.3, -0.25) is 23.7 Å². The Morgan fingerprint density at radius 1 is 1.00 bits per heavy atom. The van der Waals surface area contributed by atoms with Crippen LogP contribution in [0.3, 0.4) is 0 Å². The molecule has 42 heavy (non-hydrogen) atoms. The van der Waals surface area contributed by atoms with Crippen molar-refractivity contribution in [3.05, 3.63) is 0 Å². The average molecular weight is 639 g/mol. The van der Waals surface area contributed by atoms with Crippen LogP contribution in [0.5, 0.6) is 0 Å². The molecule has 0 aromatic rings. The number of fused-ring (bicyclic) bond motifs is 1. The van der Waals surface area contributed by atoms with E-state index in [1.54, 1.807) is 0 Å². The van der Waals surface area contributed by atoms with E-state index in [1.165, 1.54) is 6.92 Å². The number of amides is 4. The molecule has 2 aliphatic heterocycles. The Hall–Kier alpha value is -2.39. The van der Waals surface area contributed by atoms with Crippen molar-refractivity contribution < 1.29 is 52.3 Å². The molecule has 0 bridgehead atoms. The number of carbonyl (C=O) groups is 5.